The number of nitrogens with one attached hydrogen (secondary N) is 1. The topological polar surface area (TPSA) is 101 Å². The van der Waals surface area contributed by atoms with E-state index in [1.54, 1.807) is 55.8 Å². The van der Waals surface area contributed by atoms with Gasteiger partial charge in [-0.25, -0.2) is 4.98 Å². The van der Waals surface area contributed by atoms with Crippen molar-refractivity contribution in [2.45, 2.75) is 32.7 Å². The monoisotopic (exact) mass is 572 g/mol. The Hall–Kier alpha value is -3.63. The fourth-order valence-corrected chi connectivity index (χ4v) is 4.61. The smallest absolute Gasteiger partial charge is 0.254 e. The number of rotatable bonds is 12. The molecule has 0 bridgehead atoms. The number of nitrogens with zero attached hydrogens (tertiary/aromatic N) is 3. The highest BCUT2D eigenvalue weighted by Crippen LogP contribution is 2.27. The molecule has 0 spiro atoms. The summed E-state index contributed by atoms with van der Waals surface area (Å²) < 4.78 is 10.6. The van der Waals surface area contributed by atoms with Crippen molar-refractivity contribution in [3.05, 3.63) is 69.7 Å². The van der Waals surface area contributed by atoms with Gasteiger partial charge in [0.2, 0.25) is 11.8 Å². The quantitative estimate of drug-likeness (QED) is 0.342. The van der Waals surface area contributed by atoms with E-state index in [1.807, 2.05) is 32.0 Å². The van der Waals surface area contributed by atoms with Gasteiger partial charge in [-0.2, -0.15) is 0 Å². The van der Waals surface area contributed by atoms with Crippen molar-refractivity contribution >= 4 is 45.8 Å². The van der Waals surface area contributed by atoms with E-state index in [0.29, 0.717) is 45.9 Å². The Balaban J connectivity index is 1.52. The van der Waals surface area contributed by atoms with Gasteiger partial charge in [0.15, 0.2) is 16.6 Å². The number of carbonyl (C=O) groups is 3. The Morgan fingerprint density at radius 3 is 2.38 bits per heavy atom. The van der Waals surface area contributed by atoms with Crippen LogP contribution < -0.4 is 14.8 Å². The zero-order chi connectivity index (χ0) is 28.5. The van der Waals surface area contributed by atoms with Crippen molar-refractivity contribution in [1.82, 2.24) is 14.8 Å². The molecule has 1 N–H and O–H groups in total. The molecule has 0 saturated carbocycles. The molecule has 0 aliphatic heterocycles. The molecule has 11 heteroatoms. The highest BCUT2D eigenvalue weighted by atomic mass is 35.5. The van der Waals surface area contributed by atoms with Crippen LogP contribution in [0.2, 0.25) is 5.02 Å². The molecule has 0 aliphatic carbocycles. The fourth-order valence-electron chi connectivity index (χ4n) is 3.75. The van der Waals surface area contributed by atoms with E-state index in [-0.39, 0.29) is 36.7 Å². The second-order valence-corrected chi connectivity index (χ2v) is 10.5. The summed E-state index contributed by atoms with van der Waals surface area (Å²) in [4.78, 5) is 45.9. The standard InChI is InChI=1S/C28H33ClN4O5S/c1-18(2)33(27(36)20-7-9-21(29)10-8-20)16-25(34)31-28-30-22(17-39-28)15-26(35)32(3)13-12-19-6-11-23(37-4)24(14-19)38-5/h6-11,14,17-18H,12-13,15-16H2,1-5H3,(H,30,31,34). The normalized spacial score (nSPS) is 10.7. The average Bonchev–Trinajstić information content (AvgIpc) is 3.36. The van der Waals surface area contributed by atoms with E-state index in [1.165, 1.54) is 16.2 Å². The third-order valence-corrected chi connectivity index (χ3v) is 7.09. The maximum absolute atomic E-state index is 12.9. The first-order valence-electron chi connectivity index (χ1n) is 12.4. The highest BCUT2D eigenvalue weighted by molar-refractivity contribution is 7.13. The average molecular weight is 573 g/mol. The lowest BCUT2D eigenvalue weighted by Crippen LogP contribution is -2.42. The molecule has 3 aromatic rings. The molecule has 9 nitrogen and oxygen atoms in total. The largest absolute Gasteiger partial charge is 0.493 e. The molecule has 1 aromatic heterocycles. The number of anilines is 1. The lowest BCUT2D eigenvalue weighted by molar-refractivity contribution is -0.129. The zero-order valence-electron chi connectivity index (χ0n) is 22.7. The second kappa shape index (κ2) is 14.0. The number of thiazole rings is 1. The number of hydrogen-bond donors (Lipinski definition) is 1. The van der Waals surface area contributed by atoms with Gasteiger partial charge < -0.3 is 24.6 Å². The van der Waals surface area contributed by atoms with E-state index in [4.69, 9.17) is 21.1 Å². The van der Waals surface area contributed by atoms with Crippen molar-refractivity contribution in [3.8, 4) is 11.5 Å². The molecule has 1 heterocycles. The number of hydrogen-bond acceptors (Lipinski definition) is 7. The van der Waals surface area contributed by atoms with Crippen LogP contribution in [0.4, 0.5) is 5.13 Å². The van der Waals surface area contributed by atoms with Gasteiger partial charge in [0, 0.05) is 35.6 Å². The first-order valence-corrected chi connectivity index (χ1v) is 13.6. The van der Waals surface area contributed by atoms with Crippen LogP contribution in [0.15, 0.2) is 47.8 Å². The van der Waals surface area contributed by atoms with Crippen LogP contribution in [-0.4, -0.2) is 72.9 Å². The maximum Gasteiger partial charge on any atom is 0.254 e. The number of likely N-dealkylation sites (N-methyl/N-ethyl adjacent to an activating group) is 1. The lowest BCUT2D eigenvalue weighted by atomic mass is 10.1. The minimum absolute atomic E-state index is 0.0850. The Kier molecular flexibility index (Phi) is 10.7. The van der Waals surface area contributed by atoms with Crippen molar-refractivity contribution < 1.29 is 23.9 Å². The van der Waals surface area contributed by atoms with Crippen LogP contribution in [0.3, 0.4) is 0 Å². The number of benzene rings is 2. The van der Waals surface area contributed by atoms with E-state index in [9.17, 15) is 14.4 Å². The van der Waals surface area contributed by atoms with Crippen LogP contribution in [0.5, 0.6) is 11.5 Å². The highest BCUT2D eigenvalue weighted by Gasteiger charge is 2.22. The molecule has 0 radical (unpaired) electrons. The van der Waals surface area contributed by atoms with Crippen molar-refractivity contribution in [2.24, 2.45) is 0 Å². The second-order valence-electron chi connectivity index (χ2n) is 9.16. The molecular formula is C28H33ClN4O5S. The summed E-state index contributed by atoms with van der Waals surface area (Å²) in [5.74, 6) is 0.580. The molecule has 0 atom stereocenters. The van der Waals surface area contributed by atoms with Gasteiger partial charge >= 0.3 is 0 Å². The first-order chi connectivity index (χ1) is 18.6. The zero-order valence-corrected chi connectivity index (χ0v) is 24.3. The number of aromatic nitrogens is 1. The molecule has 3 rings (SSSR count). The Morgan fingerprint density at radius 2 is 1.74 bits per heavy atom. The summed E-state index contributed by atoms with van der Waals surface area (Å²) in [6.45, 7) is 4.08. The Morgan fingerprint density at radius 1 is 1.05 bits per heavy atom. The third kappa shape index (κ3) is 8.43. The predicted octanol–water partition coefficient (Wildman–Crippen LogP) is 4.55. The fraction of sp³-hybridized carbons (Fsp3) is 0.357. The van der Waals surface area contributed by atoms with Crippen LogP contribution in [0.1, 0.15) is 35.5 Å². The molecule has 0 aliphatic rings. The SMILES string of the molecule is COc1ccc(CCN(C)C(=O)Cc2csc(NC(=O)CN(C(=O)c3ccc(Cl)cc3)C(C)C)n2)cc1OC. The van der Waals surface area contributed by atoms with Crippen molar-refractivity contribution in [2.75, 3.05) is 39.7 Å². The molecule has 2 aromatic carbocycles. The molecular weight excluding hydrogens is 540 g/mol. The molecule has 208 valence electrons. The van der Waals surface area contributed by atoms with Crippen molar-refractivity contribution in [1.29, 1.82) is 0 Å². The van der Waals surface area contributed by atoms with Gasteiger partial charge in [-0.15, -0.1) is 11.3 Å². The van der Waals surface area contributed by atoms with Crippen molar-refractivity contribution in [3.63, 3.8) is 0 Å². The van der Waals surface area contributed by atoms with Gasteiger partial charge in [0.05, 0.1) is 26.3 Å². The molecule has 39 heavy (non-hydrogen) atoms. The van der Waals surface area contributed by atoms with Crippen LogP contribution in [0, 0.1) is 0 Å². The van der Waals surface area contributed by atoms with E-state index >= 15 is 0 Å². The lowest BCUT2D eigenvalue weighted by Gasteiger charge is -2.26. The summed E-state index contributed by atoms with van der Waals surface area (Å²) in [5.41, 5.74) is 2.04. The summed E-state index contributed by atoms with van der Waals surface area (Å²) >= 11 is 7.15. The maximum atomic E-state index is 12.9. The molecule has 0 fully saturated rings. The van der Waals surface area contributed by atoms with Gasteiger partial charge in [-0.05, 0) is 62.2 Å². The van der Waals surface area contributed by atoms with E-state index in [0.717, 1.165) is 5.56 Å². The van der Waals surface area contributed by atoms with Gasteiger partial charge in [-0.3, -0.25) is 14.4 Å². The summed E-state index contributed by atoms with van der Waals surface area (Å²) in [6.07, 6.45) is 0.768. The first kappa shape index (κ1) is 29.9. The van der Waals surface area contributed by atoms with Gasteiger partial charge in [-0.1, -0.05) is 17.7 Å². The summed E-state index contributed by atoms with van der Waals surface area (Å²) in [7, 11) is 4.92. The Bertz CT molecular complexity index is 1300. The molecule has 0 saturated heterocycles. The minimum Gasteiger partial charge on any atom is -0.493 e. The molecule has 3 amide bonds. The van der Waals surface area contributed by atoms with Crippen LogP contribution >= 0.6 is 22.9 Å². The van der Waals surface area contributed by atoms with Gasteiger partial charge in [0.1, 0.15) is 6.54 Å². The van der Waals surface area contributed by atoms with E-state index in [2.05, 4.69) is 10.3 Å². The minimum atomic E-state index is -0.370. The summed E-state index contributed by atoms with van der Waals surface area (Å²) in [5, 5.41) is 5.39. The van der Waals surface area contributed by atoms with Crippen LogP contribution in [0.25, 0.3) is 0 Å². The number of methoxy groups -OCH3 is 2. The number of halogens is 1. The Labute approximate surface area is 237 Å². The number of amides is 3. The van der Waals surface area contributed by atoms with Gasteiger partial charge in [0.25, 0.3) is 5.91 Å². The third-order valence-electron chi connectivity index (χ3n) is 6.03. The van der Waals surface area contributed by atoms with Crippen LogP contribution in [-0.2, 0) is 22.4 Å². The summed E-state index contributed by atoms with van der Waals surface area (Å²) in [6, 6.07) is 12.0. The predicted molar refractivity (Wildman–Crippen MR) is 153 cm³/mol. The molecule has 0 unspecified atom stereocenters. The number of carbonyl (C=O) groups excluding carboxylic acids is 3. The number of ether oxygens (including phenoxy) is 2. The van der Waals surface area contributed by atoms with E-state index < -0.39 is 0 Å².